The lowest BCUT2D eigenvalue weighted by Gasteiger charge is -2.08. The number of rotatable bonds is 5. The number of methoxy groups -OCH3 is 2. The fraction of sp³-hybridized carbons (Fsp3) is 0.143. The number of anilines is 1. The van der Waals surface area contributed by atoms with Crippen LogP contribution in [0.5, 0.6) is 11.5 Å². The van der Waals surface area contributed by atoms with Gasteiger partial charge in [-0.3, -0.25) is 10.1 Å². The normalized spacial score (nSPS) is 10.8. The summed E-state index contributed by atoms with van der Waals surface area (Å²) in [5.74, 6) is 1.21. The summed E-state index contributed by atoms with van der Waals surface area (Å²) in [5, 5.41) is 6.32. The van der Waals surface area contributed by atoms with Gasteiger partial charge in [0.15, 0.2) is 5.13 Å². The number of para-hydroxylation sites is 1. The Balaban J connectivity index is 1.61. The van der Waals surface area contributed by atoms with E-state index >= 15 is 0 Å². The second-order valence-corrected chi connectivity index (χ2v) is 7.06. The number of aromatic nitrogens is 2. The number of carbonyl (C=O) groups is 1. The van der Waals surface area contributed by atoms with Crippen LogP contribution in [0.4, 0.5) is 5.13 Å². The molecule has 4 rings (SSSR count). The van der Waals surface area contributed by atoms with E-state index < -0.39 is 0 Å². The van der Waals surface area contributed by atoms with Crippen molar-refractivity contribution in [1.29, 1.82) is 0 Å². The molecule has 4 aromatic rings. The molecule has 1 amide bonds. The monoisotopic (exact) mass is 393 g/mol. The molecular formula is C21H19N3O3S. The molecule has 28 heavy (non-hydrogen) atoms. The number of benzene rings is 2. The van der Waals surface area contributed by atoms with E-state index in [0.29, 0.717) is 28.0 Å². The van der Waals surface area contributed by atoms with E-state index in [1.54, 1.807) is 14.2 Å². The summed E-state index contributed by atoms with van der Waals surface area (Å²) >= 11 is 1.36. The molecule has 0 aliphatic heterocycles. The maximum Gasteiger partial charge on any atom is 0.274 e. The minimum atomic E-state index is -0.197. The lowest BCUT2D eigenvalue weighted by molar-refractivity contribution is 0.101. The van der Waals surface area contributed by atoms with Crippen molar-refractivity contribution >= 4 is 33.3 Å². The van der Waals surface area contributed by atoms with Crippen LogP contribution in [0.15, 0.2) is 53.9 Å². The van der Waals surface area contributed by atoms with Gasteiger partial charge < -0.3 is 14.0 Å². The molecule has 0 bridgehead atoms. The molecular weight excluding hydrogens is 374 g/mol. The quantitative estimate of drug-likeness (QED) is 0.539. The zero-order valence-electron chi connectivity index (χ0n) is 15.7. The van der Waals surface area contributed by atoms with E-state index in [4.69, 9.17) is 9.47 Å². The number of fused-ring (bicyclic) bond motifs is 1. The second kappa shape index (κ2) is 7.36. The predicted octanol–water partition coefficient (Wildman–Crippen LogP) is 4.57. The fourth-order valence-electron chi connectivity index (χ4n) is 3.14. The highest BCUT2D eigenvalue weighted by molar-refractivity contribution is 7.14. The minimum absolute atomic E-state index is 0.197. The number of ether oxygens (including phenoxy) is 2. The molecule has 1 N–H and O–H groups in total. The van der Waals surface area contributed by atoms with Gasteiger partial charge in [-0.25, -0.2) is 4.98 Å². The van der Waals surface area contributed by atoms with Crippen LogP contribution < -0.4 is 14.8 Å². The highest BCUT2D eigenvalue weighted by Crippen LogP contribution is 2.35. The van der Waals surface area contributed by atoms with Crippen LogP contribution in [0, 0.1) is 0 Å². The molecule has 0 aliphatic carbocycles. The lowest BCUT2D eigenvalue weighted by Crippen LogP contribution is -2.15. The standard InChI is InChI=1S/C21H19N3O3S/c1-24-17-7-5-4-6-13(17)10-18(24)20(25)23-21-22-16(12-28-21)15-11-14(26-2)8-9-19(15)27-3/h4-12H,1-3H3,(H,22,23,25). The summed E-state index contributed by atoms with van der Waals surface area (Å²) < 4.78 is 12.6. The van der Waals surface area contributed by atoms with Gasteiger partial charge in [-0.15, -0.1) is 11.3 Å². The summed E-state index contributed by atoms with van der Waals surface area (Å²) in [5.41, 5.74) is 3.11. The van der Waals surface area contributed by atoms with Gasteiger partial charge in [0.25, 0.3) is 5.91 Å². The summed E-state index contributed by atoms with van der Waals surface area (Å²) in [4.78, 5) is 17.3. The van der Waals surface area contributed by atoms with Crippen LogP contribution >= 0.6 is 11.3 Å². The third kappa shape index (κ3) is 3.20. The number of carbonyl (C=O) groups excluding carboxylic acids is 1. The average molecular weight is 393 g/mol. The summed E-state index contributed by atoms with van der Waals surface area (Å²) in [6.07, 6.45) is 0. The van der Waals surface area contributed by atoms with Crippen molar-refractivity contribution in [3.05, 3.63) is 59.6 Å². The summed E-state index contributed by atoms with van der Waals surface area (Å²) in [6.45, 7) is 0. The van der Waals surface area contributed by atoms with E-state index in [9.17, 15) is 4.79 Å². The van der Waals surface area contributed by atoms with E-state index in [-0.39, 0.29) is 5.91 Å². The first kappa shape index (κ1) is 18.1. The van der Waals surface area contributed by atoms with Crippen molar-refractivity contribution in [1.82, 2.24) is 9.55 Å². The summed E-state index contributed by atoms with van der Waals surface area (Å²) in [7, 11) is 5.11. The molecule has 6 nitrogen and oxygen atoms in total. The van der Waals surface area contributed by atoms with E-state index in [1.165, 1.54) is 11.3 Å². The van der Waals surface area contributed by atoms with Gasteiger partial charge in [-0.2, -0.15) is 0 Å². The number of amides is 1. The SMILES string of the molecule is COc1ccc(OC)c(-c2csc(NC(=O)c3cc4ccccc4n3C)n2)c1. The lowest BCUT2D eigenvalue weighted by atomic mass is 10.1. The Labute approximate surface area is 166 Å². The average Bonchev–Trinajstić information content (AvgIpc) is 3.32. The molecule has 0 aliphatic rings. The molecule has 7 heteroatoms. The molecule has 0 unspecified atom stereocenters. The molecule has 0 fully saturated rings. The Morgan fingerprint density at radius 1 is 1.11 bits per heavy atom. The number of nitrogens with one attached hydrogen (secondary N) is 1. The molecule has 0 saturated heterocycles. The highest BCUT2D eigenvalue weighted by Gasteiger charge is 2.16. The second-order valence-electron chi connectivity index (χ2n) is 6.21. The van der Waals surface area contributed by atoms with Crippen LogP contribution in [-0.4, -0.2) is 29.7 Å². The van der Waals surface area contributed by atoms with Gasteiger partial charge in [-0.1, -0.05) is 18.2 Å². The van der Waals surface area contributed by atoms with Gasteiger partial charge in [-0.05, 0) is 30.3 Å². The summed E-state index contributed by atoms with van der Waals surface area (Å²) in [6, 6.07) is 15.3. The largest absolute Gasteiger partial charge is 0.497 e. The van der Waals surface area contributed by atoms with Crippen molar-refractivity contribution in [2.24, 2.45) is 7.05 Å². The van der Waals surface area contributed by atoms with Crippen LogP contribution in [-0.2, 0) is 7.05 Å². The van der Waals surface area contributed by atoms with Gasteiger partial charge in [0, 0.05) is 28.9 Å². The van der Waals surface area contributed by atoms with Gasteiger partial charge in [0.2, 0.25) is 0 Å². The maximum atomic E-state index is 12.8. The molecule has 0 spiro atoms. The molecule has 2 heterocycles. The zero-order valence-corrected chi connectivity index (χ0v) is 16.5. The minimum Gasteiger partial charge on any atom is -0.497 e. The molecule has 2 aromatic carbocycles. The topological polar surface area (TPSA) is 65.4 Å². The smallest absolute Gasteiger partial charge is 0.274 e. The Morgan fingerprint density at radius 2 is 1.93 bits per heavy atom. The van der Waals surface area contributed by atoms with Crippen molar-refractivity contribution in [3.63, 3.8) is 0 Å². The van der Waals surface area contributed by atoms with E-state index in [2.05, 4.69) is 10.3 Å². The van der Waals surface area contributed by atoms with Crippen molar-refractivity contribution in [2.75, 3.05) is 19.5 Å². The number of nitrogens with zero attached hydrogens (tertiary/aromatic N) is 2. The molecule has 0 radical (unpaired) electrons. The third-order valence-electron chi connectivity index (χ3n) is 4.59. The fourth-order valence-corrected chi connectivity index (χ4v) is 3.84. The zero-order chi connectivity index (χ0) is 19.7. The Hall–Kier alpha value is -3.32. The van der Waals surface area contributed by atoms with Crippen molar-refractivity contribution in [3.8, 4) is 22.8 Å². The predicted molar refractivity (Wildman–Crippen MR) is 112 cm³/mol. The van der Waals surface area contributed by atoms with Gasteiger partial charge in [0.05, 0.1) is 19.9 Å². The first-order valence-electron chi connectivity index (χ1n) is 8.64. The van der Waals surface area contributed by atoms with Crippen LogP contribution in [0.3, 0.4) is 0 Å². The van der Waals surface area contributed by atoms with Crippen molar-refractivity contribution < 1.29 is 14.3 Å². The molecule has 2 aromatic heterocycles. The van der Waals surface area contributed by atoms with Crippen molar-refractivity contribution in [2.45, 2.75) is 0 Å². The number of thiazole rings is 1. The molecule has 0 saturated carbocycles. The van der Waals surface area contributed by atoms with E-state index in [1.807, 2.05) is 65.5 Å². The number of hydrogen-bond acceptors (Lipinski definition) is 5. The third-order valence-corrected chi connectivity index (χ3v) is 5.35. The van der Waals surface area contributed by atoms with Gasteiger partial charge >= 0.3 is 0 Å². The van der Waals surface area contributed by atoms with E-state index in [0.717, 1.165) is 16.5 Å². The Kier molecular flexibility index (Phi) is 4.75. The van der Waals surface area contributed by atoms with Gasteiger partial charge in [0.1, 0.15) is 17.2 Å². The Bertz CT molecular complexity index is 1160. The molecule has 142 valence electrons. The number of aryl methyl sites for hydroxylation is 1. The first-order chi connectivity index (χ1) is 13.6. The van der Waals surface area contributed by atoms with Crippen LogP contribution in [0.2, 0.25) is 0 Å². The highest BCUT2D eigenvalue weighted by atomic mass is 32.1. The Morgan fingerprint density at radius 3 is 2.68 bits per heavy atom. The molecule has 0 atom stereocenters. The van der Waals surface area contributed by atoms with Crippen LogP contribution in [0.25, 0.3) is 22.2 Å². The van der Waals surface area contributed by atoms with Crippen LogP contribution in [0.1, 0.15) is 10.5 Å². The first-order valence-corrected chi connectivity index (χ1v) is 9.52. The maximum absolute atomic E-state index is 12.8. The number of hydrogen-bond donors (Lipinski definition) is 1.